The number of hydrogen-bond donors (Lipinski definition) is 1. The Kier molecular flexibility index (Phi) is 3.86. The lowest BCUT2D eigenvalue weighted by molar-refractivity contribution is 0.0650. The van der Waals surface area contributed by atoms with Crippen molar-refractivity contribution >= 4 is 33.5 Å². The third-order valence-electron chi connectivity index (χ3n) is 4.71. The summed E-state index contributed by atoms with van der Waals surface area (Å²) in [7, 11) is 3.56. The van der Waals surface area contributed by atoms with E-state index in [0.29, 0.717) is 13.0 Å². The number of amides is 1. The number of anilines is 1. The van der Waals surface area contributed by atoms with Crippen LogP contribution in [0.15, 0.2) is 35.0 Å². The number of hydrogen-bond acceptors (Lipinski definition) is 8. The summed E-state index contributed by atoms with van der Waals surface area (Å²) in [6, 6.07) is 7.83. The summed E-state index contributed by atoms with van der Waals surface area (Å²) in [6.07, 6.45) is 2.34. The van der Waals surface area contributed by atoms with Crippen molar-refractivity contribution in [2.75, 3.05) is 25.5 Å². The number of fused-ring (bicyclic) bond motifs is 2. The average molecular weight is 395 g/mol. The van der Waals surface area contributed by atoms with E-state index in [-0.39, 0.29) is 17.8 Å². The highest BCUT2D eigenvalue weighted by atomic mass is 32.1. The van der Waals surface area contributed by atoms with E-state index < -0.39 is 6.04 Å². The fourth-order valence-corrected chi connectivity index (χ4v) is 4.44. The molecule has 9 nitrogen and oxygen atoms in total. The number of H-pyrrole nitrogens is 1. The van der Waals surface area contributed by atoms with Gasteiger partial charge in [-0.05, 0) is 12.1 Å². The number of aromatic amines is 1. The number of rotatable bonds is 3. The molecule has 1 aromatic carbocycles. The summed E-state index contributed by atoms with van der Waals surface area (Å²) < 4.78 is 6.61. The van der Waals surface area contributed by atoms with E-state index in [9.17, 15) is 4.79 Å². The second kappa shape index (κ2) is 6.41. The molecule has 4 heterocycles. The van der Waals surface area contributed by atoms with Gasteiger partial charge in [-0.1, -0.05) is 17.2 Å². The SMILES string of the molecule is CN(C)c1nnc(C(=O)N2CCc3[nH]cnc3[C@H]2c2nc3ccccc3s2)o1. The predicted molar refractivity (Wildman–Crippen MR) is 103 cm³/mol. The Morgan fingerprint density at radius 3 is 2.96 bits per heavy atom. The van der Waals surface area contributed by atoms with Gasteiger partial charge in [0.25, 0.3) is 0 Å². The molecule has 1 amide bonds. The van der Waals surface area contributed by atoms with Crippen molar-refractivity contribution < 1.29 is 9.21 Å². The molecular formula is C18H17N7O2S. The van der Waals surface area contributed by atoms with E-state index >= 15 is 0 Å². The summed E-state index contributed by atoms with van der Waals surface area (Å²) in [5.41, 5.74) is 2.74. The van der Waals surface area contributed by atoms with Crippen molar-refractivity contribution in [2.45, 2.75) is 12.5 Å². The maximum Gasteiger partial charge on any atom is 0.318 e. The summed E-state index contributed by atoms with van der Waals surface area (Å²) in [4.78, 5) is 29.0. The molecule has 0 bridgehead atoms. The molecule has 0 saturated heterocycles. The van der Waals surface area contributed by atoms with Crippen LogP contribution in [0.2, 0.25) is 0 Å². The molecule has 0 unspecified atom stereocenters. The second-order valence-electron chi connectivity index (χ2n) is 6.72. The van der Waals surface area contributed by atoms with Crippen LogP contribution in [0.25, 0.3) is 10.2 Å². The zero-order valence-electron chi connectivity index (χ0n) is 15.3. The zero-order valence-corrected chi connectivity index (χ0v) is 16.1. The maximum absolute atomic E-state index is 13.2. The van der Waals surface area contributed by atoms with Crippen LogP contribution in [0.5, 0.6) is 0 Å². The molecule has 0 spiro atoms. The van der Waals surface area contributed by atoms with Gasteiger partial charge in [-0.15, -0.1) is 16.4 Å². The van der Waals surface area contributed by atoms with Crippen LogP contribution in [-0.4, -0.2) is 56.6 Å². The number of benzene rings is 1. The summed E-state index contributed by atoms with van der Waals surface area (Å²) in [5.74, 6) is -0.354. The van der Waals surface area contributed by atoms with Crippen molar-refractivity contribution in [3.63, 3.8) is 0 Å². The number of thiazole rings is 1. The number of carbonyl (C=O) groups excluding carboxylic acids is 1. The maximum atomic E-state index is 13.2. The quantitative estimate of drug-likeness (QED) is 0.567. The van der Waals surface area contributed by atoms with Gasteiger partial charge in [0.15, 0.2) is 0 Å². The third kappa shape index (κ3) is 2.64. The van der Waals surface area contributed by atoms with Crippen LogP contribution in [0.1, 0.15) is 33.1 Å². The van der Waals surface area contributed by atoms with Crippen LogP contribution in [0.4, 0.5) is 6.01 Å². The lowest BCUT2D eigenvalue weighted by Gasteiger charge is -2.32. The molecule has 0 saturated carbocycles. The number of imidazole rings is 1. The largest absolute Gasteiger partial charge is 0.399 e. The molecule has 1 aliphatic rings. The second-order valence-corrected chi connectivity index (χ2v) is 7.78. The minimum atomic E-state index is -0.394. The van der Waals surface area contributed by atoms with Crippen LogP contribution < -0.4 is 4.90 Å². The Balaban J connectivity index is 1.58. The van der Waals surface area contributed by atoms with Crippen molar-refractivity contribution in [2.24, 2.45) is 0 Å². The number of para-hydroxylation sites is 1. The summed E-state index contributed by atoms with van der Waals surface area (Å²) >= 11 is 1.56. The standard InChI is InChI=1S/C18H17N7O2S/c1-24(2)18-23-22-15(27-18)17(26)25-8-7-11-13(20-9-19-11)14(25)16-21-10-5-3-4-6-12(10)28-16/h3-6,9,14H,7-8H2,1-2H3,(H,19,20)/t14-/m0/s1. The highest BCUT2D eigenvalue weighted by Gasteiger charge is 2.38. The number of nitrogens with zero attached hydrogens (tertiary/aromatic N) is 6. The van der Waals surface area contributed by atoms with Gasteiger partial charge in [-0.3, -0.25) is 4.79 Å². The molecule has 4 aromatic rings. The Hall–Kier alpha value is -3.27. The average Bonchev–Trinajstić information content (AvgIpc) is 3.44. The van der Waals surface area contributed by atoms with Crippen molar-refractivity contribution in [1.29, 1.82) is 0 Å². The number of carbonyl (C=O) groups is 1. The van der Waals surface area contributed by atoms with Gasteiger partial charge in [-0.2, -0.15) is 0 Å². The van der Waals surface area contributed by atoms with E-state index in [1.807, 2.05) is 24.3 Å². The van der Waals surface area contributed by atoms with Gasteiger partial charge in [0.2, 0.25) is 0 Å². The van der Waals surface area contributed by atoms with E-state index in [1.165, 1.54) is 0 Å². The molecule has 0 aliphatic carbocycles. The molecule has 0 radical (unpaired) electrons. The number of nitrogens with one attached hydrogen (secondary N) is 1. The molecular weight excluding hydrogens is 378 g/mol. The van der Waals surface area contributed by atoms with Gasteiger partial charge < -0.3 is 19.2 Å². The lowest BCUT2D eigenvalue weighted by Crippen LogP contribution is -2.41. The van der Waals surface area contributed by atoms with Crippen molar-refractivity contribution in [1.82, 2.24) is 30.0 Å². The first-order valence-corrected chi connectivity index (χ1v) is 9.63. The molecule has 142 valence electrons. The van der Waals surface area contributed by atoms with Gasteiger partial charge in [0.05, 0.1) is 22.2 Å². The van der Waals surface area contributed by atoms with Crippen molar-refractivity contribution in [3.8, 4) is 0 Å². The zero-order chi connectivity index (χ0) is 19.3. The highest BCUT2D eigenvalue weighted by Crippen LogP contribution is 2.38. The summed E-state index contributed by atoms with van der Waals surface area (Å²) in [6.45, 7) is 0.508. The van der Waals surface area contributed by atoms with E-state index in [1.54, 1.807) is 41.6 Å². The van der Waals surface area contributed by atoms with E-state index in [4.69, 9.17) is 9.40 Å². The first-order valence-electron chi connectivity index (χ1n) is 8.81. The molecule has 5 rings (SSSR count). The lowest BCUT2D eigenvalue weighted by atomic mass is 10.0. The van der Waals surface area contributed by atoms with Crippen LogP contribution >= 0.6 is 11.3 Å². The molecule has 1 N–H and O–H groups in total. The minimum absolute atomic E-state index is 0.0335. The van der Waals surface area contributed by atoms with E-state index in [2.05, 4.69) is 20.2 Å². The van der Waals surface area contributed by atoms with Crippen LogP contribution in [0.3, 0.4) is 0 Å². The smallest absolute Gasteiger partial charge is 0.318 e. The Morgan fingerprint density at radius 1 is 1.32 bits per heavy atom. The van der Waals surface area contributed by atoms with Crippen LogP contribution in [0, 0.1) is 0 Å². The predicted octanol–water partition coefficient (Wildman–Crippen LogP) is 2.26. The molecule has 1 atom stereocenters. The normalized spacial score (nSPS) is 16.4. The Labute approximate surface area is 164 Å². The summed E-state index contributed by atoms with van der Waals surface area (Å²) in [5, 5.41) is 8.67. The first-order chi connectivity index (χ1) is 13.6. The Bertz CT molecular complexity index is 1130. The third-order valence-corrected chi connectivity index (χ3v) is 5.80. The van der Waals surface area contributed by atoms with Gasteiger partial charge in [-0.25, -0.2) is 9.97 Å². The van der Waals surface area contributed by atoms with Gasteiger partial charge >= 0.3 is 17.8 Å². The molecule has 28 heavy (non-hydrogen) atoms. The van der Waals surface area contributed by atoms with Crippen molar-refractivity contribution in [3.05, 3.63) is 52.9 Å². The Morgan fingerprint density at radius 2 is 2.18 bits per heavy atom. The molecule has 1 aliphatic heterocycles. The molecule has 10 heteroatoms. The van der Waals surface area contributed by atoms with Gasteiger partial charge in [0.1, 0.15) is 11.0 Å². The molecule has 0 fully saturated rings. The monoisotopic (exact) mass is 395 g/mol. The van der Waals surface area contributed by atoms with E-state index in [0.717, 1.165) is 26.6 Å². The van der Waals surface area contributed by atoms with Crippen LogP contribution in [-0.2, 0) is 6.42 Å². The minimum Gasteiger partial charge on any atom is -0.399 e. The highest BCUT2D eigenvalue weighted by molar-refractivity contribution is 7.18. The number of aromatic nitrogens is 5. The topological polar surface area (TPSA) is 104 Å². The van der Waals surface area contributed by atoms with Gasteiger partial charge in [0, 0.05) is 32.8 Å². The molecule has 3 aromatic heterocycles. The fraction of sp³-hybridized carbons (Fsp3) is 0.278. The fourth-order valence-electron chi connectivity index (χ4n) is 3.36. The first kappa shape index (κ1) is 16.9.